The van der Waals surface area contributed by atoms with Crippen LogP contribution in [0.15, 0.2) is 12.1 Å². The van der Waals surface area contributed by atoms with Gasteiger partial charge >= 0.3 is 0 Å². The van der Waals surface area contributed by atoms with Crippen LogP contribution in [0.25, 0.3) is 0 Å². The van der Waals surface area contributed by atoms with E-state index in [1.54, 1.807) is 0 Å². The lowest BCUT2D eigenvalue weighted by Crippen LogP contribution is -2.12. The van der Waals surface area contributed by atoms with Gasteiger partial charge in [-0.25, -0.2) is 4.39 Å². The van der Waals surface area contributed by atoms with Crippen molar-refractivity contribution in [3.63, 3.8) is 0 Å². The van der Waals surface area contributed by atoms with E-state index in [2.05, 4.69) is 0 Å². The fourth-order valence-electron chi connectivity index (χ4n) is 1.67. The van der Waals surface area contributed by atoms with E-state index in [-0.39, 0.29) is 36.2 Å². The quantitative estimate of drug-likeness (QED) is 0.787. The predicted molar refractivity (Wildman–Crippen MR) is 64.6 cm³/mol. The van der Waals surface area contributed by atoms with E-state index >= 15 is 0 Å². The van der Waals surface area contributed by atoms with Crippen molar-refractivity contribution in [2.24, 2.45) is 5.73 Å². The Morgan fingerprint density at radius 2 is 2.22 bits per heavy atom. The monoisotopic (exact) mass is 253 g/mol. The highest BCUT2D eigenvalue weighted by Crippen LogP contribution is 2.37. The Bertz CT molecular complexity index is 458. The van der Waals surface area contributed by atoms with Crippen molar-refractivity contribution < 1.29 is 18.7 Å². The minimum absolute atomic E-state index is 0.105. The Morgan fingerprint density at radius 3 is 2.78 bits per heavy atom. The molecule has 0 spiro atoms. The standard InChI is InChI=1S/C13H16FNO3/c1-17-12-7-8(14)6-10(11(16)4-5-15)13(12)18-9-2-3-9/h6-7,9H,2-5,15H2,1H3. The van der Waals surface area contributed by atoms with Gasteiger partial charge < -0.3 is 15.2 Å². The molecule has 5 heteroatoms. The third-order valence-corrected chi connectivity index (χ3v) is 2.72. The van der Waals surface area contributed by atoms with Crippen LogP contribution in [0.1, 0.15) is 29.6 Å². The van der Waals surface area contributed by atoms with Crippen molar-refractivity contribution in [2.75, 3.05) is 13.7 Å². The van der Waals surface area contributed by atoms with Crippen LogP contribution >= 0.6 is 0 Å². The second-order valence-electron chi connectivity index (χ2n) is 4.26. The largest absolute Gasteiger partial charge is 0.493 e. The molecule has 0 saturated heterocycles. The number of hydrogen-bond acceptors (Lipinski definition) is 4. The van der Waals surface area contributed by atoms with Crippen molar-refractivity contribution in [1.29, 1.82) is 0 Å². The van der Waals surface area contributed by atoms with Gasteiger partial charge in [0, 0.05) is 12.5 Å². The molecule has 0 aromatic heterocycles. The van der Waals surface area contributed by atoms with E-state index in [4.69, 9.17) is 15.2 Å². The molecular formula is C13H16FNO3. The molecule has 1 fully saturated rings. The van der Waals surface area contributed by atoms with E-state index in [1.807, 2.05) is 0 Å². The van der Waals surface area contributed by atoms with Crippen LogP contribution in [0.4, 0.5) is 4.39 Å². The molecule has 2 N–H and O–H groups in total. The van der Waals surface area contributed by atoms with Crippen molar-refractivity contribution in [1.82, 2.24) is 0 Å². The zero-order valence-corrected chi connectivity index (χ0v) is 10.2. The van der Waals surface area contributed by atoms with Crippen LogP contribution in [0, 0.1) is 5.82 Å². The van der Waals surface area contributed by atoms with Gasteiger partial charge in [-0.3, -0.25) is 4.79 Å². The zero-order valence-electron chi connectivity index (χ0n) is 10.2. The number of benzene rings is 1. The molecule has 98 valence electrons. The van der Waals surface area contributed by atoms with Gasteiger partial charge in [0.25, 0.3) is 0 Å². The summed E-state index contributed by atoms with van der Waals surface area (Å²) in [6.45, 7) is 0.223. The van der Waals surface area contributed by atoms with Gasteiger partial charge in [-0.05, 0) is 25.5 Å². The summed E-state index contributed by atoms with van der Waals surface area (Å²) in [5, 5.41) is 0. The van der Waals surface area contributed by atoms with Crippen LogP contribution in [0.2, 0.25) is 0 Å². The molecule has 4 nitrogen and oxygen atoms in total. The van der Waals surface area contributed by atoms with Crippen LogP contribution in [-0.4, -0.2) is 25.5 Å². The van der Waals surface area contributed by atoms with Crippen molar-refractivity contribution >= 4 is 5.78 Å². The molecule has 0 unspecified atom stereocenters. The number of hydrogen-bond donors (Lipinski definition) is 1. The van der Waals surface area contributed by atoms with Gasteiger partial charge in [-0.15, -0.1) is 0 Å². The topological polar surface area (TPSA) is 61.5 Å². The van der Waals surface area contributed by atoms with Gasteiger partial charge in [0.2, 0.25) is 0 Å². The van der Waals surface area contributed by atoms with E-state index in [0.29, 0.717) is 5.75 Å². The molecule has 1 aromatic rings. The highest BCUT2D eigenvalue weighted by atomic mass is 19.1. The first-order valence-corrected chi connectivity index (χ1v) is 5.93. The highest BCUT2D eigenvalue weighted by molar-refractivity contribution is 5.99. The molecule has 0 bridgehead atoms. The zero-order chi connectivity index (χ0) is 13.1. The first kappa shape index (κ1) is 12.8. The number of carbonyl (C=O) groups excluding carboxylic acids is 1. The molecule has 1 aliphatic rings. The number of halogens is 1. The van der Waals surface area contributed by atoms with Crippen molar-refractivity contribution in [3.05, 3.63) is 23.5 Å². The average molecular weight is 253 g/mol. The molecule has 1 aliphatic carbocycles. The summed E-state index contributed by atoms with van der Waals surface area (Å²) in [4.78, 5) is 11.9. The van der Waals surface area contributed by atoms with E-state index < -0.39 is 5.82 Å². The molecule has 0 radical (unpaired) electrons. The van der Waals surface area contributed by atoms with Gasteiger partial charge in [0.05, 0.1) is 18.8 Å². The number of ketones is 1. The number of methoxy groups -OCH3 is 1. The molecular weight excluding hydrogens is 237 g/mol. The molecule has 0 heterocycles. The molecule has 0 atom stereocenters. The SMILES string of the molecule is COc1cc(F)cc(C(=O)CCN)c1OC1CC1. The summed E-state index contributed by atoms with van der Waals surface area (Å²) in [6, 6.07) is 2.40. The summed E-state index contributed by atoms with van der Waals surface area (Å²) in [6.07, 6.45) is 2.16. The number of rotatable bonds is 6. The van der Waals surface area contributed by atoms with E-state index in [1.165, 1.54) is 19.2 Å². The lowest BCUT2D eigenvalue weighted by molar-refractivity contribution is 0.0979. The first-order valence-electron chi connectivity index (χ1n) is 5.93. The average Bonchev–Trinajstić information content (AvgIpc) is 3.15. The maximum absolute atomic E-state index is 13.4. The van der Waals surface area contributed by atoms with Gasteiger partial charge in [0.15, 0.2) is 17.3 Å². The van der Waals surface area contributed by atoms with Gasteiger partial charge in [0.1, 0.15) is 5.82 Å². The van der Waals surface area contributed by atoms with Crippen molar-refractivity contribution in [3.8, 4) is 11.5 Å². The molecule has 0 aliphatic heterocycles. The predicted octanol–water partition coefficient (Wildman–Crippen LogP) is 1.91. The molecule has 1 saturated carbocycles. The maximum atomic E-state index is 13.4. The number of Topliss-reactive ketones (excluding diaryl/α,β-unsaturated/α-hetero) is 1. The third kappa shape index (κ3) is 2.79. The van der Waals surface area contributed by atoms with Crippen LogP contribution in [-0.2, 0) is 0 Å². The summed E-state index contributed by atoms with van der Waals surface area (Å²) in [7, 11) is 1.42. The molecule has 18 heavy (non-hydrogen) atoms. The van der Waals surface area contributed by atoms with Crippen molar-refractivity contribution in [2.45, 2.75) is 25.4 Å². The van der Waals surface area contributed by atoms with E-state index in [9.17, 15) is 9.18 Å². The normalized spacial score (nSPS) is 14.4. The Morgan fingerprint density at radius 1 is 1.50 bits per heavy atom. The molecule has 2 rings (SSSR count). The fraction of sp³-hybridized carbons (Fsp3) is 0.462. The summed E-state index contributed by atoms with van der Waals surface area (Å²) < 4.78 is 24.2. The number of ether oxygens (including phenoxy) is 2. The Labute approximate surface area is 105 Å². The summed E-state index contributed by atoms with van der Waals surface area (Å²) in [5.74, 6) is -0.163. The minimum atomic E-state index is -0.518. The highest BCUT2D eigenvalue weighted by Gasteiger charge is 2.28. The maximum Gasteiger partial charge on any atom is 0.172 e. The van der Waals surface area contributed by atoms with Gasteiger partial charge in [-0.1, -0.05) is 0 Å². The van der Waals surface area contributed by atoms with Crippen LogP contribution in [0.3, 0.4) is 0 Å². The lowest BCUT2D eigenvalue weighted by Gasteiger charge is -2.14. The summed E-state index contributed by atoms with van der Waals surface area (Å²) in [5.41, 5.74) is 5.56. The van der Waals surface area contributed by atoms with Crippen LogP contribution < -0.4 is 15.2 Å². The third-order valence-electron chi connectivity index (χ3n) is 2.72. The smallest absolute Gasteiger partial charge is 0.172 e. The Kier molecular flexibility index (Phi) is 3.81. The summed E-state index contributed by atoms with van der Waals surface area (Å²) >= 11 is 0. The van der Waals surface area contributed by atoms with Gasteiger partial charge in [-0.2, -0.15) is 0 Å². The Hall–Kier alpha value is -1.62. The first-order chi connectivity index (χ1) is 8.65. The lowest BCUT2D eigenvalue weighted by atomic mass is 10.1. The molecule has 0 amide bonds. The van der Waals surface area contributed by atoms with Crippen LogP contribution in [0.5, 0.6) is 11.5 Å². The second-order valence-corrected chi connectivity index (χ2v) is 4.26. The minimum Gasteiger partial charge on any atom is -0.493 e. The Balaban J connectivity index is 2.39. The number of carbonyl (C=O) groups is 1. The van der Waals surface area contributed by atoms with E-state index in [0.717, 1.165) is 12.8 Å². The number of nitrogens with two attached hydrogens (primary N) is 1. The second kappa shape index (κ2) is 5.35. The molecule has 1 aromatic carbocycles. The fourth-order valence-corrected chi connectivity index (χ4v) is 1.67.